The molecular weight excluding hydrogens is 318 g/mol. The summed E-state index contributed by atoms with van der Waals surface area (Å²) >= 11 is 0.325. The molecule has 0 aliphatic rings. The van der Waals surface area contributed by atoms with Crippen LogP contribution in [0.25, 0.3) is 0 Å². The molecule has 1 N–H and O–H groups in total. The molecule has 0 radical (unpaired) electrons. The van der Waals surface area contributed by atoms with Crippen LogP contribution in [0.2, 0.25) is 0 Å². The number of rotatable bonds is 6. The summed E-state index contributed by atoms with van der Waals surface area (Å²) in [6, 6.07) is 6.15. The van der Waals surface area contributed by atoms with Crippen LogP contribution >= 0.6 is 11.8 Å². The smallest absolute Gasteiger partial charge is 0.358 e. The van der Waals surface area contributed by atoms with Crippen LogP contribution in [-0.2, 0) is 11.3 Å². The highest BCUT2D eigenvalue weighted by Crippen LogP contribution is 2.31. The van der Waals surface area contributed by atoms with E-state index >= 15 is 0 Å². The van der Waals surface area contributed by atoms with Crippen molar-refractivity contribution in [1.82, 2.24) is 9.55 Å². The van der Waals surface area contributed by atoms with E-state index in [2.05, 4.69) is 10.3 Å². The summed E-state index contributed by atoms with van der Waals surface area (Å²) in [5.41, 5.74) is 0.257. The van der Waals surface area contributed by atoms with Crippen LogP contribution in [0.5, 0.6) is 0 Å². The van der Waals surface area contributed by atoms with Crippen LogP contribution in [0, 0.1) is 10.1 Å². The van der Waals surface area contributed by atoms with Crippen molar-refractivity contribution < 1.29 is 18.5 Å². The average molecular weight is 328 g/mol. The maximum Gasteiger partial charge on any atom is 0.381 e. The molecule has 116 valence electrons. The summed E-state index contributed by atoms with van der Waals surface area (Å²) in [4.78, 5) is 25.4. The van der Waals surface area contributed by atoms with Crippen LogP contribution in [0.4, 0.5) is 20.3 Å². The summed E-state index contributed by atoms with van der Waals surface area (Å²) in [6.07, 6.45) is 2.26. The number of carbonyl (C=O) groups is 1. The third-order valence-electron chi connectivity index (χ3n) is 2.51. The van der Waals surface area contributed by atoms with E-state index in [0.717, 1.165) is 12.5 Å². The highest BCUT2D eigenvalue weighted by atomic mass is 32.2. The van der Waals surface area contributed by atoms with Crippen molar-refractivity contribution in [3.05, 3.63) is 46.9 Å². The van der Waals surface area contributed by atoms with Crippen LogP contribution in [0.3, 0.4) is 0 Å². The Morgan fingerprint density at radius 1 is 1.45 bits per heavy atom. The van der Waals surface area contributed by atoms with Gasteiger partial charge in [0.05, 0.1) is 5.69 Å². The summed E-state index contributed by atoms with van der Waals surface area (Å²) in [5, 5.41) is 13.0. The van der Waals surface area contributed by atoms with Gasteiger partial charge in [-0.2, -0.15) is 8.78 Å². The minimum absolute atomic E-state index is 0.214. The number of imidazole rings is 1. The highest BCUT2D eigenvalue weighted by molar-refractivity contribution is 7.99. The van der Waals surface area contributed by atoms with E-state index in [-0.39, 0.29) is 22.9 Å². The molecule has 0 fully saturated rings. The second-order valence-electron chi connectivity index (χ2n) is 4.08. The lowest BCUT2D eigenvalue weighted by Crippen LogP contribution is -2.18. The molecule has 0 saturated carbocycles. The summed E-state index contributed by atoms with van der Waals surface area (Å²) in [7, 11) is 0. The molecule has 0 aliphatic carbocycles. The molecule has 0 unspecified atom stereocenters. The zero-order valence-corrected chi connectivity index (χ0v) is 11.8. The molecular formula is C12H10F2N4O3S. The van der Waals surface area contributed by atoms with Crippen molar-refractivity contribution >= 4 is 29.2 Å². The zero-order valence-electron chi connectivity index (χ0n) is 11.0. The minimum atomic E-state index is -2.60. The molecule has 7 nitrogen and oxygen atoms in total. The Labute approximate surface area is 127 Å². The molecule has 0 bridgehead atoms. The lowest BCUT2D eigenvalue weighted by molar-refractivity contribution is -0.389. The Morgan fingerprint density at radius 2 is 2.18 bits per heavy atom. The third-order valence-corrected chi connectivity index (χ3v) is 3.30. The molecule has 1 amide bonds. The second-order valence-corrected chi connectivity index (χ2v) is 5.12. The molecule has 0 spiro atoms. The highest BCUT2D eigenvalue weighted by Gasteiger charge is 2.14. The molecule has 0 aliphatic heterocycles. The van der Waals surface area contributed by atoms with Crippen molar-refractivity contribution in [1.29, 1.82) is 0 Å². The van der Waals surface area contributed by atoms with Crippen molar-refractivity contribution in [2.75, 3.05) is 5.32 Å². The van der Waals surface area contributed by atoms with E-state index in [1.807, 2.05) is 0 Å². The van der Waals surface area contributed by atoms with Gasteiger partial charge in [0.2, 0.25) is 12.2 Å². The maximum atomic E-state index is 12.4. The molecule has 22 heavy (non-hydrogen) atoms. The molecule has 0 atom stereocenters. The lowest BCUT2D eigenvalue weighted by atomic mass is 10.3. The van der Waals surface area contributed by atoms with Gasteiger partial charge in [-0.05, 0) is 22.0 Å². The monoisotopic (exact) mass is 328 g/mol. The first-order chi connectivity index (χ1) is 10.5. The van der Waals surface area contributed by atoms with E-state index in [4.69, 9.17) is 0 Å². The molecule has 2 rings (SSSR count). The van der Waals surface area contributed by atoms with Crippen LogP contribution in [0.15, 0.2) is 41.7 Å². The SMILES string of the molecule is O=C(Cn1cnc([N+](=O)[O-])c1)Nc1ccccc1SC(F)F. The first kappa shape index (κ1) is 15.9. The number of thioether (sulfide) groups is 1. The predicted molar refractivity (Wildman–Crippen MR) is 75.8 cm³/mol. The number of hydrogen-bond acceptors (Lipinski definition) is 5. The molecule has 0 saturated heterocycles. The van der Waals surface area contributed by atoms with E-state index in [1.165, 1.54) is 16.7 Å². The Balaban J connectivity index is 2.04. The average Bonchev–Trinajstić information content (AvgIpc) is 2.89. The van der Waals surface area contributed by atoms with Crippen molar-refractivity contribution in [3.8, 4) is 0 Å². The Bertz CT molecular complexity index is 693. The molecule has 1 aromatic heterocycles. The fourth-order valence-electron chi connectivity index (χ4n) is 1.65. The van der Waals surface area contributed by atoms with E-state index in [1.54, 1.807) is 12.1 Å². The summed E-state index contributed by atoms with van der Waals surface area (Å²) in [6.45, 7) is -0.214. The van der Waals surface area contributed by atoms with E-state index in [0.29, 0.717) is 11.8 Å². The summed E-state index contributed by atoms with van der Waals surface area (Å²) < 4.78 is 26.1. The quantitative estimate of drug-likeness (QED) is 0.500. The number of amides is 1. The number of hydrogen-bond donors (Lipinski definition) is 1. The Hall–Kier alpha value is -2.49. The number of alkyl halides is 2. The third kappa shape index (κ3) is 4.25. The van der Waals surface area contributed by atoms with Crippen molar-refractivity contribution in [3.63, 3.8) is 0 Å². The fourth-order valence-corrected chi connectivity index (χ4v) is 2.25. The number of anilines is 1. The number of benzene rings is 1. The number of nitrogens with zero attached hydrogens (tertiary/aromatic N) is 3. The Kier molecular flexibility index (Phi) is 5.04. The second kappa shape index (κ2) is 6.98. The van der Waals surface area contributed by atoms with Gasteiger partial charge in [-0.1, -0.05) is 23.9 Å². The van der Waals surface area contributed by atoms with Gasteiger partial charge in [0.1, 0.15) is 12.7 Å². The first-order valence-corrected chi connectivity index (χ1v) is 6.83. The number of nitro groups is 1. The fraction of sp³-hybridized carbons (Fsp3) is 0.167. The topological polar surface area (TPSA) is 90.1 Å². The first-order valence-electron chi connectivity index (χ1n) is 5.95. The number of aromatic nitrogens is 2. The van der Waals surface area contributed by atoms with Crippen LogP contribution in [-0.4, -0.2) is 26.1 Å². The zero-order chi connectivity index (χ0) is 16.1. The summed E-state index contributed by atoms with van der Waals surface area (Å²) in [5.74, 6) is -3.48. The number of nitrogens with one attached hydrogen (secondary N) is 1. The van der Waals surface area contributed by atoms with E-state index in [9.17, 15) is 23.7 Å². The van der Waals surface area contributed by atoms with Gasteiger partial charge in [-0.25, -0.2) is 0 Å². The van der Waals surface area contributed by atoms with Crippen LogP contribution < -0.4 is 5.32 Å². The molecule has 1 aromatic carbocycles. The van der Waals surface area contributed by atoms with Gasteiger partial charge in [-0.15, -0.1) is 0 Å². The minimum Gasteiger partial charge on any atom is -0.358 e. The van der Waals surface area contributed by atoms with Gasteiger partial charge in [0.15, 0.2) is 0 Å². The van der Waals surface area contributed by atoms with Gasteiger partial charge in [-0.3, -0.25) is 4.79 Å². The van der Waals surface area contributed by atoms with E-state index < -0.39 is 16.6 Å². The predicted octanol–water partition coefficient (Wildman–Crippen LogP) is 2.74. The van der Waals surface area contributed by atoms with Gasteiger partial charge in [0.25, 0.3) is 5.76 Å². The normalized spacial score (nSPS) is 10.7. The Morgan fingerprint density at radius 3 is 2.82 bits per heavy atom. The molecule has 2 aromatic rings. The standard InChI is InChI=1S/C12H10F2N4O3S/c13-12(14)22-9-4-2-1-3-8(9)16-11(19)6-17-5-10(15-7-17)18(20)21/h1-5,7,12H,6H2,(H,16,19). The van der Waals surface area contributed by atoms with Crippen LogP contribution in [0.1, 0.15) is 0 Å². The van der Waals surface area contributed by atoms with Crippen molar-refractivity contribution in [2.45, 2.75) is 17.2 Å². The molecule has 1 heterocycles. The van der Waals surface area contributed by atoms with Gasteiger partial charge in [0, 0.05) is 4.90 Å². The molecule has 10 heteroatoms. The number of carbonyl (C=O) groups excluding carboxylic acids is 1. The number of para-hydroxylation sites is 1. The largest absolute Gasteiger partial charge is 0.381 e. The van der Waals surface area contributed by atoms with Gasteiger partial charge < -0.3 is 20.0 Å². The number of halogens is 2. The van der Waals surface area contributed by atoms with Crippen molar-refractivity contribution in [2.24, 2.45) is 0 Å². The van der Waals surface area contributed by atoms with Gasteiger partial charge >= 0.3 is 5.82 Å². The maximum absolute atomic E-state index is 12.4. The lowest BCUT2D eigenvalue weighted by Gasteiger charge is -2.10.